The van der Waals surface area contributed by atoms with Crippen LogP contribution in [0.2, 0.25) is 0 Å². The quantitative estimate of drug-likeness (QED) is 0.744. The van der Waals surface area contributed by atoms with E-state index in [0.29, 0.717) is 6.42 Å². The maximum atomic E-state index is 11.8. The van der Waals surface area contributed by atoms with Gasteiger partial charge in [0, 0.05) is 5.69 Å². The molecule has 0 aromatic heterocycles. The normalized spacial score (nSPS) is 14.1. The molecule has 0 spiro atoms. The number of benzene rings is 1. The van der Waals surface area contributed by atoms with E-state index in [9.17, 15) is 9.59 Å². The highest BCUT2D eigenvalue weighted by molar-refractivity contribution is 6.04. The van der Waals surface area contributed by atoms with E-state index < -0.39 is 0 Å². The summed E-state index contributed by atoms with van der Waals surface area (Å²) in [5.74, 6) is -0.419. The van der Waals surface area contributed by atoms with Crippen LogP contribution in [0.4, 0.5) is 5.69 Å². The van der Waals surface area contributed by atoms with Crippen molar-refractivity contribution in [2.45, 2.75) is 26.4 Å². The van der Waals surface area contributed by atoms with Crippen molar-refractivity contribution in [1.29, 1.82) is 0 Å². The summed E-state index contributed by atoms with van der Waals surface area (Å²) in [4.78, 5) is 24.8. The number of nitrogens with zero attached hydrogens (tertiary/aromatic N) is 1. The third kappa shape index (κ3) is 2.46. The van der Waals surface area contributed by atoms with Crippen molar-refractivity contribution in [2.24, 2.45) is 0 Å². The van der Waals surface area contributed by atoms with Gasteiger partial charge in [0.1, 0.15) is 6.54 Å². The third-order valence-electron chi connectivity index (χ3n) is 2.58. The predicted octanol–water partition coefficient (Wildman–Crippen LogP) is 1.53. The number of amides is 1. The smallest absolute Gasteiger partial charge is 0.326 e. The molecule has 1 amide bonds. The lowest BCUT2D eigenvalue weighted by molar-refractivity contribution is -0.146. The fourth-order valence-electron chi connectivity index (χ4n) is 1.92. The molecule has 2 rings (SSSR count). The maximum absolute atomic E-state index is 11.8. The Morgan fingerprint density at radius 1 is 1.41 bits per heavy atom. The summed E-state index contributed by atoms with van der Waals surface area (Å²) in [5.41, 5.74) is 1.79. The van der Waals surface area contributed by atoms with Crippen LogP contribution in [-0.4, -0.2) is 24.5 Å². The monoisotopic (exact) mass is 233 g/mol. The molecule has 4 nitrogen and oxygen atoms in total. The van der Waals surface area contributed by atoms with Gasteiger partial charge < -0.3 is 9.64 Å². The largest absolute Gasteiger partial charge is 0.462 e. The van der Waals surface area contributed by atoms with Crippen molar-refractivity contribution in [3.8, 4) is 0 Å². The third-order valence-corrected chi connectivity index (χ3v) is 2.58. The highest BCUT2D eigenvalue weighted by Crippen LogP contribution is 2.27. The summed E-state index contributed by atoms with van der Waals surface area (Å²) < 4.78 is 5.04. The molecule has 1 heterocycles. The molecule has 1 aliphatic rings. The van der Waals surface area contributed by atoms with Crippen LogP contribution in [0.3, 0.4) is 0 Å². The Balaban J connectivity index is 2.12. The first-order valence-corrected chi connectivity index (χ1v) is 5.65. The van der Waals surface area contributed by atoms with E-state index in [1.807, 2.05) is 24.3 Å². The van der Waals surface area contributed by atoms with Crippen LogP contribution in [0.5, 0.6) is 0 Å². The molecular formula is C13H15NO3. The first kappa shape index (κ1) is 11.6. The Labute approximate surface area is 100 Å². The number of ether oxygens (including phenoxy) is 1. The molecule has 90 valence electrons. The lowest BCUT2D eigenvalue weighted by Gasteiger charge is -2.17. The second-order valence-corrected chi connectivity index (χ2v) is 4.32. The zero-order valence-electron chi connectivity index (χ0n) is 9.97. The summed E-state index contributed by atoms with van der Waals surface area (Å²) in [6, 6.07) is 7.50. The Morgan fingerprint density at radius 2 is 2.12 bits per heavy atom. The maximum Gasteiger partial charge on any atom is 0.326 e. The minimum absolute atomic E-state index is 0.00593. The average Bonchev–Trinajstić information content (AvgIpc) is 2.55. The molecular weight excluding hydrogens is 218 g/mol. The lowest BCUT2D eigenvalue weighted by Crippen LogP contribution is -2.34. The van der Waals surface area contributed by atoms with Crippen molar-refractivity contribution in [3.63, 3.8) is 0 Å². The number of carbonyl (C=O) groups is 2. The number of carbonyl (C=O) groups excluding carboxylic acids is 2. The second kappa shape index (κ2) is 4.57. The van der Waals surface area contributed by atoms with Crippen molar-refractivity contribution in [3.05, 3.63) is 29.8 Å². The molecule has 0 saturated heterocycles. The van der Waals surface area contributed by atoms with Gasteiger partial charge in [-0.05, 0) is 25.5 Å². The van der Waals surface area contributed by atoms with Crippen LogP contribution < -0.4 is 4.90 Å². The topological polar surface area (TPSA) is 46.6 Å². The van der Waals surface area contributed by atoms with E-state index in [0.717, 1.165) is 11.3 Å². The molecule has 0 radical (unpaired) electrons. The number of esters is 1. The van der Waals surface area contributed by atoms with Crippen LogP contribution in [0, 0.1) is 0 Å². The molecule has 0 N–H and O–H groups in total. The fraction of sp³-hybridized carbons (Fsp3) is 0.385. The molecule has 1 aromatic carbocycles. The Bertz CT molecular complexity index is 454. The number of anilines is 1. The molecule has 0 bridgehead atoms. The van der Waals surface area contributed by atoms with Gasteiger partial charge in [-0.2, -0.15) is 0 Å². The summed E-state index contributed by atoms with van der Waals surface area (Å²) >= 11 is 0. The van der Waals surface area contributed by atoms with Crippen molar-refractivity contribution < 1.29 is 14.3 Å². The SMILES string of the molecule is CC(C)OC(=O)CN1C(=O)Cc2ccccc21. The Kier molecular flexibility index (Phi) is 3.13. The molecule has 0 aliphatic carbocycles. The number of para-hydroxylation sites is 1. The van der Waals surface area contributed by atoms with Crippen LogP contribution in [0.25, 0.3) is 0 Å². The van der Waals surface area contributed by atoms with Crippen LogP contribution in [0.15, 0.2) is 24.3 Å². The van der Waals surface area contributed by atoms with Crippen molar-refractivity contribution in [1.82, 2.24) is 0 Å². The van der Waals surface area contributed by atoms with Crippen LogP contribution in [-0.2, 0) is 20.7 Å². The Morgan fingerprint density at radius 3 is 2.82 bits per heavy atom. The highest BCUT2D eigenvalue weighted by Gasteiger charge is 2.28. The first-order chi connectivity index (χ1) is 8.08. The van der Waals surface area contributed by atoms with Gasteiger partial charge in [-0.25, -0.2) is 0 Å². The van der Waals surface area contributed by atoms with E-state index in [4.69, 9.17) is 4.74 Å². The van der Waals surface area contributed by atoms with Gasteiger partial charge in [0.25, 0.3) is 0 Å². The van der Waals surface area contributed by atoms with Gasteiger partial charge in [-0.15, -0.1) is 0 Å². The van der Waals surface area contributed by atoms with Crippen molar-refractivity contribution in [2.75, 3.05) is 11.4 Å². The summed E-state index contributed by atoms with van der Waals surface area (Å²) in [5, 5.41) is 0. The first-order valence-electron chi connectivity index (χ1n) is 5.65. The molecule has 1 aromatic rings. The summed E-state index contributed by atoms with van der Waals surface area (Å²) in [6.07, 6.45) is 0.209. The van der Waals surface area contributed by atoms with E-state index in [1.165, 1.54) is 4.90 Å². The average molecular weight is 233 g/mol. The number of rotatable bonds is 3. The zero-order valence-corrected chi connectivity index (χ0v) is 9.97. The van der Waals surface area contributed by atoms with Crippen molar-refractivity contribution >= 4 is 17.6 Å². The highest BCUT2D eigenvalue weighted by atomic mass is 16.5. The number of fused-ring (bicyclic) bond motifs is 1. The van der Waals surface area contributed by atoms with Crippen LogP contribution >= 0.6 is 0 Å². The van der Waals surface area contributed by atoms with E-state index in [1.54, 1.807) is 13.8 Å². The van der Waals surface area contributed by atoms with Gasteiger partial charge in [-0.1, -0.05) is 18.2 Å². The van der Waals surface area contributed by atoms with Gasteiger partial charge in [0.2, 0.25) is 5.91 Å². The fourth-order valence-corrected chi connectivity index (χ4v) is 1.92. The van der Waals surface area contributed by atoms with E-state index >= 15 is 0 Å². The minimum atomic E-state index is -0.370. The van der Waals surface area contributed by atoms with Gasteiger partial charge in [-0.3, -0.25) is 9.59 Å². The molecule has 0 fully saturated rings. The molecule has 0 unspecified atom stereocenters. The van der Waals surface area contributed by atoms with Gasteiger partial charge in [0.05, 0.1) is 12.5 Å². The molecule has 1 aliphatic heterocycles. The Hall–Kier alpha value is -1.84. The standard InChI is InChI=1S/C13H15NO3/c1-9(2)17-13(16)8-14-11-6-4-3-5-10(11)7-12(14)15/h3-6,9H,7-8H2,1-2H3. The minimum Gasteiger partial charge on any atom is -0.462 e. The van der Waals surface area contributed by atoms with E-state index in [2.05, 4.69) is 0 Å². The van der Waals surface area contributed by atoms with Gasteiger partial charge in [0.15, 0.2) is 0 Å². The number of hydrogen-bond donors (Lipinski definition) is 0. The number of hydrogen-bond acceptors (Lipinski definition) is 3. The lowest BCUT2D eigenvalue weighted by atomic mass is 10.2. The van der Waals surface area contributed by atoms with Crippen LogP contribution in [0.1, 0.15) is 19.4 Å². The summed E-state index contributed by atoms with van der Waals surface area (Å²) in [7, 11) is 0. The molecule has 0 atom stereocenters. The predicted molar refractivity (Wildman–Crippen MR) is 63.7 cm³/mol. The second-order valence-electron chi connectivity index (χ2n) is 4.32. The zero-order chi connectivity index (χ0) is 12.4. The van der Waals surface area contributed by atoms with E-state index in [-0.39, 0.29) is 24.5 Å². The summed E-state index contributed by atoms with van der Waals surface area (Å²) in [6.45, 7) is 3.57. The van der Waals surface area contributed by atoms with Gasteiger partial charge >= 0.3 is 5.97 Å². The molecule has 17 heavy (non-hydrogen) atoms. The molecule has 4 heteroatoms. The molecule has 0 saturated carbocycles.